The zero-order chi connectivity index (χ0) is 14.9. The second-order valence-corrected chi connectivity index (χ2v) is 5.67. The molecule has 7 heteroatoms. The number of pyridine rings is 1. The average molecular weight is 378 g/mol. The second kappa shape index (κ2) is 6.08. The fourth-order valence-electron chi connectivity index (χ4n) is 1.60. The van der Waals surface area contributed by atoms with Gasteiger partial charge in [0.15, 0.2) is 5.15 Å². The summed E-state index contributed by atoms with van der Waals surface area (Å²) < 4.78 is 14.3. The number of hydrogen-bond donors (Lipinski definition) is 1. The van der Waals surface area contributed by atoms with Gasteiger partial charge in [0, 0.05) is 4.47 Å². The fourth-order valence-corrected chi connectivity index (χ4v) is 2.51. The summed E-state index contributed by atoms with van der Waals surface area (Å²) in [5.74, 6) is -1.24. The van der Waals surface area contributed by atoms with Crippen molar-refractivity contribution >= 4 is 50.7 Å². The number of benzene rings is 1. The van der Waals surface area contributed by atoms with E-state index in [-0.39, 0.29) is 15.9 Å². The molecule has 1 amide bonds. The molecule has 1 aromatic heterocycles. The maximum atomic E-state index is 13.7. The molecular weight excluding hydrogens is 370 g/mol. The summed E-state index contributed by atoms with van der Waals surface area (Å²) in [7, 11) is 0. The first kappa shape index (κ1) is 15.2. The summed E-state index contributed by atoms with van der Waals surface area (Å²) in [5.41, 5.74) is 0.864. The highest BCUT2D eigenvalue weighted by molar-refractivity contribution is 9.10. The van der Waals surface area contributed by atoms with Gasteiger partial charge in [-0.25, -0.2) is 9.37 Å². The van der Waals surface area contributed by atoms with Crippen molar-refractivity contribution in [1.29, 1.82) is 0 Å². The number of carbonyl (C=O) groups is 1. The van der Waals surface area contributed by atoms with Gasteiger partial charge in [-0.05, 0) is 36.8 Å². The quantitative estimate of drug-likeness (QED) is 0.760. The van der Waals surface area contributed by atoms with Crippen molar-refractivity contribution in [1.82, 2.24) is 4.98 Å². The van der Waals surface area contributed by atoms with Crippen LogP contribution in [-0.2, 0) is 0 Å². The van der Waals surface area contributed by atoms with Crippen LogP contribution in [0.15, 0.2) is 28.7 Å². The van der Waals surface area contributed by atoms with Crippen molar-refractivity contribution in [3.63, 3.8) is 0 Å². The maximum absolute atomic E-state index is 13.7. The molecule has 0 aliphatic rings. The smallest absolute Gasteiger partial charge is 0.258 e. The molecule has 0 saturated carbocycles. The first-order valence-electron chi connectivity index (χ1n) is 5.47. The number of nitrogens with one attached hydrogen (secondary N) is 1. The summed E-state index contributed by atoms with van der Waals surface area (Å²) in [6.45, 7) is 1.72. The predicted octanol–water partition coefficient (Wildman–Crippen LogP) is 4.85. The van der Waals surface area contributed by atoms with E-state index in [1.165, 1.54) is 12.1 Å². The molecule has 3 nitrogen and oxygen atoms in total. The number of amides is 1. The first-order chi connectivity index (χ1) is 9.38. The lowest BCUT2D eigenvalue weighted by Crippen LogP contribution is -2.15. The molecule has 0 aliphatic heterocycles. The summed E-state index contributed by atoms with van der Waals surface area (Å²) in [5, 5.41) is 2.81. The number of halogens is 4. The van der Waals surface area contributed by atoms with Crippen LogP contribution in [0.5, 0.6) is 0 Å². The number of anilines is 1. The van der Waals surface area contributed by atoms with Gasteiger partial charge in [0.1, 0.15) is 11.0 Å². The van der Waals surface area contributed by atoms with E-state index in [1.807, 2.05) is 0 Å². The third kappa shape index (κ3) is 3.29. The monoisotopic (exact) mass is 376 g/mol. The molecule has 0 atom stereocenters. The lowest BCUT2D eigenvalue weighted by atomic mass is 10.2. The molecule has 2 rings (SSSR count). The highest BCUT2D eigenvalue weighted by atomic mass is 79.9. The molecule has 1 heterocycles. The van der Waals surface area contributed by atoms with E-state index in [4.69, 9.17) is 23.2 Å². The Morgan fingerprint density at radius 2 is 2.05 bits per heavy atom. The molecule has 1 N–H and O–H groups in total. The molecule has 0 spiro atoms. The maximum Gasteiger partial charge on any atom is 0.258 e. The molecule has 0 saturated heterocycles. The minimum absolute atomic E-state index is 0.0564. The highest BCUT2D eigenvalue weighted by Gasteiger charge is 2.16. The average Bonchev–Trinajstić information content (AvgIpc) is 2.33. The van der Waals surface area contributed by atoms with Crippen molar-refractivity contribution in [2.45, 2.75) is 6.92 Å². The van der Waals surface area contributed by atoms with Crippen LogP contribution in [0.4, 0.5) is 10.1 Å². The van der Waals surface area contributed by atoms with Crippen LogP contribution in [-0.4, -0.2) is 10.9 Å². The van der Waals surface area contributed by atoms with E-state index in [9.17, 15) is 9.18 Å². The number of nitrogens with zero attached hydrogens (tertiary/aromatic N) is 1. The molecule has 0 aliphatic carbocycles. The van der Waals surface area contributed by atoms with Crippen LogP contribution in [0.2, 0.25) is 10.3 Å². The van der Waals surface area contributed by atoms with Crippen molar-refractivity contribution in [2.75, 3.05) is 5.32 Å². The largest absolute Gasteiger partial charge is 0.319 e. The van der Waals surface area contributed by atoms with Gasteiger partial charge in [0.25, 0.3) is 5.91 Å². The predicted molar refractivity (Wildman–Crippen MR) is 81.0 cm³/mol. The zero-order valence-corrected chi connectivity index (χ0v) is 13.3. The van der Waals surface area contributed by atoms with E-state index in [0.717, 1.165) is 0 Å². The summed E-state index contributed by atoms with van der Waals surface area (Å²) in [4.78, 5) is 15.9. The van der Waals surface area contributed by atoms with E-state index in [0.29, 0.717) is 15.7 Å². The van der Waals surface area contributed by atoms with Crippen LogP contribution in [0.3, 0.4) is 0 Å². The van der Waals surface area contributed by atoms with E-state index < -0.39 is 11.7 Å². The first-order valence-corrected chi connectivity index (χ1v) is 7.02. The highest BCUT2D eigenvalue weighted by Crippen LogP contribution is 2.27. The van der Waals surface area contributed by atoms with Crippen LogP contribution in [0, 0.1) is 12.7 Å². The summed E-state index contributed by atoms with van der Waals surface area (Å²) in [6.07, 6.45) is 0. The van der Waals surface area contributed by atoms with Crippen LogP contribution in [0.1, 0.15) is 15.9 Å². The lowest BCUT2D eigenvalue weighted by molar-refractivity contribution is 0.102. The zero-order valence-electron chi connectivity index (χ0n) is 10.2. The van der Waals surface area contributed by atoms with Gasteiger partial charge in [-0.15, -0.1) is 0 Å². The Balaban J connectivity index is 2.33. The van der Waals surface area contributed by atoms with E-state index >= 15 is 0 Å². The Morgan fingerprint density at radius 1 is 1.35 bits per heavy atom. The van der Waals surface area contributed by atoms with Crippen molar-refractivity contribution in [3.8, 4) is 0 Å². The number of carbonyl (C=O) groups excluding carboxylic acids is 1. The fraction of sp³-hybridized carbons (Fsp3) is 0.0769. The number of aryl methyl sites for hydroxylation is 1. The third-order valence-corrected chi connectivity index (χ3v) is 3.52. The van der Waals surface area contributed by atoms with Gasteiger partial charge in [0.05, 0.1) is 11.3 Å². The number of hydrogen-bond acceptors (Lipinski definition) is 2. The van der Waals surface area contributed by atoms with Crippen LogP contribution < -0.4 is 5.32 Å². The van der Waals surface area contributed by atoms with Crippen LogP contribution in [0.25, 0.3) is 0 Å². The minimum atomic E-state index is -0.632. The molecule has 0 bridgehead atoms. The molecule has 2 aromatic rings. The Kier molecular flexibility index (Phi) is 4.62. The number of rotatable bonds is 2. The molecule has 0 unspecified atom stereocenters. The number of aromatic nitrogens is 1. The molecular formula is C13H8BrCl2FN2O. The van der Waals surface area contributed by atoms with Gasteiger partial charge in [-0.1, -0.05) is 39.1 Å². The summed E-state index contributed by atoms with van der Waals surface area (Å²) in [6, 6.07) is 5.72. The normalized spacial score (nSPS) is 10.4. The van der Waals surface area contributed by atoms with Crippen LogP contribution >= 0.6 is 39.1 Å². The Hall–Kier alpha value is -1.17. The Morgan fingerprint density at radius 3 is 2.65 bits per heavy atom. The van der Waals surface area contributed by atoms with Gasteiger partial charge in [0.2, 0.25) is 0 Å². The van der Waals surface area contributed by atoms with Crippen molar-refractivity contribution in [3.05, 3.63) is 56.0 Å². The molecule has 20 heavy (non-hydrogen) atoms. The molecule has 104 valence electrons. The van der Waals surface area contributed by atoms with Gasteiger partial charge in [-0.2, -0.15) is 0 Å². The van der Waals surface area contributed by atoms with E-state index in [1.54, 1.807) is 19.1 Å². The molecule has 0 radical (unpaired) electrons. The van der Waals surface area contributed by atoms with Gasteiger partial charge < -0.3 is 5.32 Å². The summed E-state index contributed by atoms with van der Waals surface area (Å²) >= 11 is 14.8. The van der Waals surface area contributed by atoms with Crippen molar-refractivity contribution in [2.24, 2.45) is 0 Å². The molecule has 0 fully saturated rings. The second-order valence-electron chi connectivity index (χ2n) is 4.01. The minimum Gasteiger partial charge on any atom is -0.319 e. The standard InChI is InChI=1S/C13H8BrCl2FN2O/c1-6-4-10(15)18-12(16)11(6)19-13(20)8-3-2-7(14)5-9(8)17/h2-5H,1H3,(H,19,20). The SMILES string of the molecule is Cc1cc(Cl)nc(Cl)c1NC(=O)c1ccc(Br)cc1F. The topological polar surface area (TPSA) is 42.0 Å². The Labute approximate surface area is 133 Å². The lowest BCUT2D eigenvalue weighted by Gasteiger charge is -2.10. The Bertz CT molecular complexity index is 671. The van der Waals surface area contributed by atoms with Gasteiger partial charge >= 0.3 is 0 Å². The van der Waals surface area contributed by atoms with Crippen molar-refractivity contribution < 1.29 is 9.18 Å². The third-order valence-electron chi connectivity index (χ3n) is 2.56. The molecule has 1 aromatic carbocycles. The van der Waals surface area contributed by atoms with E-state index in [2.05, 4.69) is 26.2 Å². The van der Waals surface area contributed by atoms with Gasteiger partial charge in [-0.3, -0.25) is 4.79 Å².